The van der Waals surface area contributed by atoms with E-state index in [1.165, 1.54) is 70.6 Å². The summed E-state index contributed by atoms with van der Waals surface area (Å²) in [5, 5.41) is 1.88. The number of rotatable bonds is 3. The minimum Gasteiger partial charge on any atom is -0.0671 e. The van der Waals surface area contributed by atoms with Crippen molar-refractivity contribution >= 4 is 14.0 Å². The molecule has 0 bridgehead atoms. The fourth-order valence-corrected chi connectivity index (χ4v) is 9.16. The lowest BCUT2D eigenvalue weighted by atomic mass is 9.80. The second kappa shape index (κ2) is 10.3. The summed E-state index contributed by atoms with van der Waals surface area (Å²) in [6.07, 6.45) is 15.5. The summed E-state index contributed by atoms with van der Waals surface area (Å²) in [4.78, 5) is 0. The fourth-order valence-electron chi connectivity index (χ4n) is 5.97. The Morgan fingerprint density at radius 3 is 1.69 bits per heavy atom. The van der Waals surface area contributed by atoms with Crippen molar-refractivity contribution in [2.45, 2.75) is 110 Å². The number of hydrogen-bond donors (Lipinski definition) is 0. The van der Waals surface area contributed by atoms with Crippen molar-refractivity contribution in [3.05, 3.63) is 58.5 Å². The first-order valence-electron chi connectivity index (χ1n) is 12.3. The van der Waals surface area contributed by atoms with Gasteiger partial charge in [-0.25, -0.2) is 0 Å². The Morgan fingerprint density at radius 2 is 1.17 bits per heavy atom. The van der Waals surface area contributed by atoms with E-state index < -0.39 is 8.80 Å². The van der Waals surface area contributed by atoms with Crippen molar-refractivity contribution in [2.75, 3.05) is 0 Å². The molecule has 0 aromatic heterocycles. The van der Waals surface area contributed by atoms with Crippen LogP contribution < -0.4 is 5.19 Å². The second-order valence-corrected chi connectivity index (χ2v) is 13.1. The van der Waals surface area contributed by atoms with Crippen LogP contribution >= 0.6 is 0 Å². The number of hydrogen-bond acceptors (Lipinski definition) is 0. The van der Waals surface area contributed by atoms with E-state index in [4.69, 9.17) is 0 Å². The molecule has 29 heavy (non-hydrogen) atoms. The van der Waals surface area contributed by atoms with E-state index in [1.807, 2.05) is 5.92 Å². The molecule has 1 saturated carbocycles. The van der Waals surface area contributed by atoms with Gasteiger partial charge in [-0.05, 0) is 44.8 Å². The maximum absolute atomic E-state index is 2.60. The average Bonchev–Trinajstić information content (AvgIpc) is 2.90. The monoisotopic (exact) mass is 407 g/mol. The lowest BCUT2D eigenvalue weighted by Gasteiger charge is -2.40. The first-order chi connectivity index (χ1) is 14.0. The zero-order valence-corrected chi connectivity index (χ0v) is 20.9. The summed E-state index contributed by atoms with van der Waals surface area (Å²) >= 11 is 0. The van der Waals surface area contributed by atoms with E-state index in [9.17, 15) is 0 Å². The van der Waals surface area contributed by atoms with Crippen molar-refractivity contribution in [2.24, 2.45) is 0 Å². The summed E-state index contributed by atoms with van der Waals surface area (Å²) in [6, 6.07) is 11.4. The first-order valence-corrected chi connectivity index (χ1v) is 14.6. The molecular weight excluding hydrogens is 364 g/mol. The smallest absolute Gasteiger partial charge is 0.0671 e. The Kier molecular flexibility index (Phi) is 8.02. The molecule has 0 aliphatic heterocycles. The Labute approximate surface area is 182 Å². The van der Waals surface area contributed by atoms with Crippen LogP contribution in [-0.2, 0) is 0 Å². The van der Waals surface area contributed by atoms with Crippen LogP contribution in [0.1, 0.15) is 98.3 Å². The molecule has 2 atom stereocenters. The van der Waals surface area contributed by atoms with Gasteiger partial charge in [-0.2, -0.15) is 0 Å². The Hall–Kier alpha value is -1.08. The standard InChI is InChI=1S/C28H43Si/c1-22-23(2)27(25-18-14-11-9-7-6-8-10-12-15-19-25)28(4,24(22)3)29(5)26-20-16-13-17-21-26/h13,16-17,20-21,29H,6-12,14-15,18-19H2,1-5H3. The second-order valence-electron chi connectivity index (χ2n) is 9.87. The van der Waals surface area contributed by atoms with Gasteiger partial charge in [-0.15, -0.1) is 0 Å². The van der Waals surface area contributed by atoms with Gasteiger partial charge in [0.25, 0.3) is 0 Å². The van der Waals surface area contributed by atoms with E-state index >= 15 is 0 Å². The van der Waals surface area contributed by atoms with Crippen LogP contribution in [0, 0.1) is 5.92 Å². The minimum absolute atomic E-state index is 0.266. The molecule has 2 aliphatic rings. The molecule has 159 valence electrons. The van der Waals surface area contributed by atoms with E-state index in [0.29, 0.717) is 0 Å². The third-order valence-corrected chi connectivity index (χ3v) is 12.1. The van der Waals surface area contributed by atoms with Crippen molar-refractivity contribution in [3.63, 3.8) is 0 Å². The van der Waals surface area contributed by atoms with Gasteiger partial charge < -0.3 is 0 Å². The van der Waals surface area contributed by atoms with E-state index in [2.05, 4.69) is 64.6 Å². The zero-order valence-electron chi connectivity index (χ0n) is 19.7. The largest absolute Gasteiger partial charge is 0.0829 e. The fraction of sp³-hybridized carbons (Fsp3) is 0.607. The van der Waals surface area contributed by atoms with Crippen molar-refractivity contribution < 1.29 is 0 Å². The average molecular weight is 408 g/mol. The third-order valence-electron chi connectivity index (χ3n) is 8.27. The lowest BCUT2D eigenvalue weighted by molar-refractivity contribution is 0.518. The molecule has 1 radical (unpaired) electrons. The van der Waals surface area contributed by atoms with Gasteiger partial charge >= 0.3 is 0 Å². The molecule has 0 amide bonds. The predicted molar refractivity (Wildman–Crippen MR) is 133 cm³/mol. The van der Waals surface area contributed by atoms with Crippen LogP contribution in [0.25, 0.3) is 0 Å². The van der Waals surface area contributed by atoms with Gasteiger partial charge in [-0.1, -0.05) is 118 Å². The highest BCUT2D eigenvalue weighted by Crippen LogP contribution is 2.58. The summed E-state index contributed by atoms with van der Waals surface area (Å²) in [5.74, 6) is 1.82. The molecule has 1 heteroatoms. The number of allylic oxidation sites excluding steroid dienone is 4. The van der Waals surface area contributed by atoms with Gasteiger partial charge in [0.1, 0.15) is 0 Å². The molecule has 2 unspecified atom stereocenters. The summed E-state index contributed by atoms with van der Waals surface area (Å²) in [7, 11) is -1.19. The molecular formula is C28H43Si. The summed E-state index contributed by atoms with van der Waals surface area (Å²) < 4.78 is 0. The Balaban J connectivity index is 1.92. The van der Waals surface area contributed by atoms with Crippen molar-refractivity contribution in [3.8, 4) is 0 Å². The molecule has 1 aromatic carbocycles. The highest BCUT2D eigenvalue weighted by atomic mass is 28.3. The maximum Gasteiger partial charge on any atom is 0.0829 e. The SMILES string of the molecule is CC1=C(C)C(C)([SiH](C)c2ccccc2)C([C]2CCCCCCCCCCC2)=C1C. The van der Waals surface area contributed by atoms with Crippen molar-refractivity contribution in [1.82, 2.24) is 0 Å². The Bertz CT molecular complexity index is 714. The molecule has 1 aromatic rings. The lowest BCUT2D eigenvalue weighted by Crippen LogP contribution is -2.41. The molecule has 0 N–H and O–H groups in total. The highest BCUT2D eigenvalue weighted by molar-refractivity contribution is 6.76. The highest BCUT2D eigenvalue weighted by Gasteiger charge is 2.46. The molecule has 0 heterocycles. The molecule has 2 aliphatic carbocycles. The third kappa shape index (κ3) is 4.81. The van der Waals surface area contributed by atoms with Crippen molar-refractivity contribution in [1.29, 1.82) is 0 Å². The minimum atomic E-state index is -1.19. The maximum atomic E-state index is 2.60. The summed E-state index contributed by atoms with van der Waals surface area (Å²) in [5.41, 5.74) is 6.62. The molecule has 0 spiro atoms. The molecule has 1 fully saturated rings. The Morgan fingerprint density at radius 1 is 0.690 bits per heavy atom. The van der Waals surface area contributed by atoms with E-state index in [1.54, 1.807) is 27.5 Å². The molecule has 0 nitrogen and oxygen atoms in total. The van der Waals surface area contributed by atoms with Gasteiger partial charge in [0.05, 0.1) is 8.80 Å². The van der Waals surface area contributed by atoms with Gasteiger partial charge in [-0.3, -0.25) is 0 Å². The summed E-state index contributed by atoms with van der Waals surface area (Å²) in [6.45, 7) is 12.5. The van der Waals surface area contributed by atoms with Crippen LogP contribution in [0.3, 0.4) is 0 Å². The van der Waals surface area contributed by atoms with Crippen LogP contribution in [0.4, 0.5) is 0 Å². The number of benzene rings is 1. The van der Waals surface area contributed by atoms with E-state index in [0.717, 1.165) is 0 Å². The van der Waals surface area contributed by atoms with Crippen LogP contribution in [0.2, 0.25) is 11.6 Å². The molecule has 3 rings (SSSR count). The van der Waals surface area contributed by atoms with E-state index in [-0.39, 0.29) is 5.04 Å². The van der Waals surface area contributed by atoms with Gasteiger partial charge in [0.15, 0.2) is 0 Å². The topological polar surface area (TPSA) is 0 Å². The predicted octanol–water partition coefficient (Wildman–Crippen LogP) is 8.06. The first kappa shape index (κ1) is 22.6. The quantitative estimate of drug-likeness (QED) is 0.444. The normalized spacial score (nSPS) is 26.9. The molecule has 0 saturated heterocycles. The van der Waals surface area contributed by atoms with Gasteiger partial charge in [0.2, 0.25) is 0 Å². The van der Waals surface area contributed by atoms with Crippen LogP contribution in [0.5, 0.6) is 0 Å². The van der Waals surface area contributed by atoms with Crippen LogP contribution in [-0.4, -0.2) is 8.80 Å². The van der Waals surface area contributed by atoms with Gasteiger partial charge in [0, 0.05) is 11.0 Å². The zero-order chi connectivity index (χ0) is 20.9. The van der Waals surface area contributed by atoms with Crippen LogP contribution in [0.15, 0.2) is 52.6 Å².